The van der Waals surface area contributed by atoms with Crippen LogP contribution in [0.1, 0.15) is 39.5 Å². The zero-order valence-electron chi connectivity index (χ0n) is 9.96. The van der Waals surface area contributed by atoms with Gasteiger partial charge < -0.3 is 5.32 Å². The van der Waals surface area contributed by atoms with Gasteiger partial charge >= 0.3 is 0 Å². The number of halogens is 1. The number of nitrogens with zero attached hydrogens (tertiary/aromatic N) is 1. The molecule has 88 valence electrons. The molecule has 0 aromatic carbocycles. The minimum absolute atomic E-state index is 0.382. The second kappa shape index (κ2) is 4.74. The van der Waals surface area contributed by atoms with Crippen LogP contribution < -0.4 is 5.32 Å². The predicted octanol–water partition coefficient (Wildman–Crippen LogP) is 4.22. The molecule has 1 unspecified atom stereocenters. The van der Waals surface area contributed by atoms with Crippen LogP contribution in [-0.2, 0) is 0 Å². The molecule has 1 atom stereocenters. The molecule has 1 aromatic heterocycles. The van der Waals surface area contributed by atoms with Crippen LogP contribution in [0, 0.1) is 5.41 Å². The minimum atomic E-state index is 0.382. The van der Waals surface area contributed by atoms with E-state index in [-0.39, 0.29) is 0 Å². The van der Waals surface area contributed by atoms with Crippen molar-refractivity contribution in [2.24, 2.45) is 5.41 Å². The fourth-order valence-corrected chi connectivity index (χ4v) is 2.64. The van der Waals surface area contributed by atoms with Crippen LogP contribution >= 0.6 is 15.9 Å². The molecule has 2 rings (SSSR count). The van der Waals surface area contributed by atoms with Gasteiger partial charge in [0.25, 0.3) is 0 Å². The molecule has 1 heterocycles. The Bertz CT molecular complexity index is 345. The molecule has 2 nitrogen and oxygen atoms in total. The number of aromatic nitrogens is 1. The third-order valence-electron chi connectivity index (χ3n) is 3.56. The summed E-state index contributed by atoms with van der Waals surface area (Å²) in [5.74, 6) is 0.989. The quantitative estimate of drug-likeness (QED) is 0.878. The smallest absolute Gasteiger partial charge is 0.126 e. The summed E-state index contributed by atoms with van der Waals surface area (Å²) in [6.45, 7) is 4.70. The van der Waals surface area contributed by atoms with Gasteiger partial charge in [-0.1, -0.05) is 26.7 Å². The molecule has 1 saturated carbocycles. The maximum absolute atomic E-state index is 4.38. The van der Waals surface area contributed by atoms with Crippen molar-refractivity contribution in [1.82, 2.24) is 4.98 Å². The molecule has 0 saturated heterocycles. The summed E-state index contributed by atoms with van der Waals surface area (Å²) in [7, 11) is 0. The van der Waals surface area contributed by atoms with Gasteiger partial charge in [0.1, 0.15) is 5.82 Å². The van der Waals surface area contributed by atoms with Gasteiger partial charge in [-0.2, -0.15) is 0 Å². The molecule has 1 aliphatic rings. The van der Waals surface area contributed by atoms with Gasteiger partial charge in [0.2, 0.25) is 0 Å². The van der Waals surface area contributed by atoms with Crippen LogP contribution in [0.2, 0.25) is 0 Å². The second-order valence-corrected chi connectivity index (χ2v) is 6.21. The number of anilines is 1. The first-order valence-corrected chi connectivity index (χ1v) is 6.75. The highest BCUT2D eigenvalue weighted by atomic mass is 79.9. The van der Waals surface area contributed by atoms with Crippen molar-refractivity contribution in [1.29, 1.82) is 0 Å². The van der Waals surface area contributed by atoms with Crippen molar-refractivity contribution in [3.63, 3.8) is 0 Å². The third-order valence-corrected chi connectivity index (χ3v) is 4.03. The maximum Gasteiger partial charge on any atom is 0.126 e. The highest BCUT2D eigenvalue weighted by molar-refractivity contribution is 9.10. The Kier molecular flexibility index (Phi) is 3.53. The van der Waals surface area contributed by atoms with Crippen LogP contribution in [0.15, 0.2) is 22.8 Å². The van der Waals surface area contributed by atoms with Gasteiger partial charge in [-0.3, -0.25) is 0 Å². The predicted molar refractivity (Wildman–Crippen MR) is 71.6 cm³/mol. The van der Waals surface area contributed by atoms with E-state index >= 15 is 0 Å². The Labute approximate surface area is 106 Å². The maximum atomic E-state index is 4.38. The summed E-state index contributed by atoms with van der Waals surface area (Å²) in [5.41, 5.74) is 0.382. The number of hydrogen-bond donors (Lipinski definition) is 1. The monoisotopic (exact) mass is 282 g/mol. The van der Waals surface area contributed by atoms with E-state index in [2.05, 4.69) is 40.1 Å². The molecule has 0 amide bonds. The molecule has 0 spiro atoms. The van der Waals surface area contributed by atoms with E-state index in [4.69, 9.17) is 0 Å². The fraction of sp³-hybridized carbons (Fsp3) is 0.615. The fourth-order valence-electron chi connectivity index (χ4n) is 2.40. The van der Waals surface area contributed by atoms with Crippen molar-refractivity contribution in [3.8, 4) is 0 Å². The zero-order valence-corrected chi connectivity index (χ0v) is 11.5. The lowest BCUT2D eigenvalue weighted by molar-refractivity contribution is 0.216. The Balaban J connectivity index is 2.05. The molecule has 1 aromatic rings. The third kappa shape index (κ3) is 2.76. The SMILES string of the molecule is CC1(C)CCCCC1Nc1ccc(Br)cn1. The molecule has 0 bridgehead atoms. The zero-order chi connectivity index (χ0) is 11.6. The topological polar surface area (TPSA) is 24.9 Å². The summed E-state index contributed by atoms with van der Waals surface area (Å²) in [6.07, 6.45) is 7.10. The normalized spacial score (nSPS) is 24.1. The summed E-state index contributed by atoms with van der Waals surface area (Å²) in [4.78, 5) is 4.38. The Hall–Kier alpha value is -0.570. The largest absolute Gasteiger partial charge is 0.367 e. The van der Waals surface area contributed by atoms with Crippen molar-refractivity contribution in [3.05, 3.63) is 22.8 Å². The van der Waals surface area contributed by atoms with E-state index in [1.165, 1.54) is 25.7 Å². The molecular weight excluding hydrogens is 264 g/mol. The van der Waals surface area contributed by atoms with Gasteiger partial charge in [-0.25, -0.2) is 4.98 Å². The minimum Gasteiger partial charge on any atom is -0.367 e. The highest BCUT2D eigenvalue weighted by Gasteiger charge is 2.32. The van der Waals surface area contributed by atoms with Gasteiger partial charge in [-0.05, 0) is 46.3 Å². The van der Waals surface area contributed by atoms with Crippen molar-refractivity contribution < 1.29 is 0 Å². The molecule has 0 aliphatic heterocycles. The molecule has 1 fully saturated rings. The van der Waals surface area contributed by atoms with Crippen LogP contribution in [0.5, 0.6) is 0 Å². The van der Waals surface area contributed by atoms with Crippen molar-refractivity contribution >= 4 is 21.7 Å². The van der Waals surface area contributed by atoms with Crippen LogP contribution in [0.4, 0.5) is 5.82 Å². The van der Waals surface area contributed by atoms with Crippen molar-refractivity contribution in [2.45, 2.75) is 45.6 Å². The molecule has 1 N–H and O–H groups in total. The van der Waals surface area contributed by atoms with Gasteiger partial charge in [-0.15, -0.1) is 0 Å². The number of rotatable bonds is 2. The van der Waals surface area contributed by atoms with Gasteiger partial charge in [0.15, 0.2) is 0 Å². The molecule has 1 aliphatic carbocycles. The first kappa shape index (κ1) is 11.9. The first-order valence-electron chi connectivity index (χ1n) is 5.96. The standard InChI is InChI=1S/C13H19BrN2/c1-13(2)8-4-3-5-11(13)16-12-7-6-10(14)9-15-12/h6-7,9,11H,3-5,8H2,1-2H3,(H,15,16). The molecule has 16 heavy (non-hydrogen) atoms. The summed E-state index contributed by atoms with van der Waals surface area (Å²) < 4.78 is 1.03. The van der Waals surface area contributed by atoms with Gasteiger partial charge in [0.05, 0.1) is 0 Å². The van der Waals surface area contributed by atoms with Crippen molar-refractivity contribution in [2.75, 3.05) is 5.32 Å². The average molecular weight is 283 g/mol. The summed E-state index contributed by atoms with van der Waals surface area (Å²) >= 11 is 3.40. The highest BCUT2D eigenvalue weighted by Crippen LogP contribution is 2.36. The van der Waals surface area contributed by atoms with E-state index in [0.717, 1.165) is 10.3 Å². The Morgan fingerprint density at radius 2 is 2.19 bits per heavy atom. The van der Waals surface area contributed by atoms with E-state index in [9.17, 15) is 0 Å². The molecule has 0 radical (unpaired) electrons. The molecule has 3 heteroatoms. The lowest BCUT2D eigenvalue weighted by Gasteiger charge is -2.39. The van der Waals surface area contributed by atoms with Crippen LogP contribution in [-0.4, -0.2) is 11.0 Å². The summed E-state index contributed by atoms with van der Waals surface area (Å²) in [6, 6.07) is 4.62. The Morgan fingerprint density at radius 3 is 2.81 bits per heavy atom. The average Bonchev–Trinajstić information content (AvgIpc) is 2.24. The Morgan fingerprint density at radius 1 is 1.38 bits per heavy atom. The number of hydrogen-bond acceptors (Lipinski definition) is 2. The lowest BCUT2D eigenvalue weighted by atomic mass is 9.73. The lowest BCUT2D eigenvalue weighted by Crippen LogP contribution is -2.39. The summed E-state index contributed by atoms with van der Waals surface area (Å²) in [5, 5.41) is 3.57. The second-order valence-electron chi connectivity index (χ2n) is 5.29. The van der Waals surface area contributed by atoms with Crippen LogP contribution in [0.25, 0.3) is 0 Å². The van der Waals surface area contributed by atoms with E-state index in [0.29, 0.717) is 11.5 Å². The van der Waals surface area contributed by atoms with E-state index in [1.54, 1.807) is 0 Å². The van der Waals surface area contributed by atoms with Gasteiger partial charge in [0, 0.05) is 16.7 Å². The molecular formula is C13H19BrN2. The van der Waals surface area contributed by atoms with E-state index in [1.807, 2.05) is 18.3 Å². The number of pyridine rings is 1. The number of nitrogens with one attached hydrogen (secondary N) is 1. The van der Waals surface area contributed by atoms with Crippen LogP contribution in [0.3, 0.4) is 0 Å². The van der Waals surface area contributed by atoms with E-state index < -0.39 is 0 Å². The first-order chi connectivity index (χ1) is 7.58.